The first kappa shape index (κ1) is 12.8. The number of hydrogen-bond acceptors (Lipinski definition) is 4. The molecule has 1 aromatic heterocycles. The predicted molar refractivity (Wildman–Crippen MR) is 81.0 cm³/mol. The van der Waals surface area contributed by atoms with Crippen LogP contribution in [0.15, 0.2) is 36.5 Å². The lowest BCUT2D eigenvalue weighted by Gasteiger charge is -2.31. The summed E-state index contributed by atoms with van der Waals surface area (Å²) < 4.78 is 5.34. The molecule has 4 nitrogen and oxygen atoms in total. The number of nitrogens with zero attached hydrogens (tertiary/aromatic N) is 2. The van der Waals surface area contributed by atoms with Crippen molar-refractivity contribution in [3.05, 3.63) is 47.7 Å². The van der Waals surface area contributed by atoms with Gasteiger partial charge >= 0.3 is 0 Å². The first-order valence-electron chi connectivity index (χ1n) is 6.89. The third-order valence-corrected chi connectivity index (χ3v) is 3.73. The molecule has 0 unspecified atom stereocenters. The molecular formula is C16H19N3O. The van der Waals surface area contributed by atoms with Crippen LogP contribution in [0.5, 0.6) is 5.88 Å². The molecule has 1 aliphatic heterocycles. The third-order valence-electron chi connectivity index (χ3n) is 3.73. The van der Waals surface area contributed by atoms with Gasteiger partial charge in [0, 0.05) is 36.2 Å². The van der Waals surface area contributed by atoms with E-state index in [1.54, 1.807) is 13.3 Å². The van der Waals surface area contributed by atoms with Gasteiger partial charge in [0.25, 0.3) is 0 Å². The number of fused-ring (bicyclic) bond motifs is 1. The van der Waals surface area contributed by atoms with Crippen LogP contribution in [-0.2, 0) is 13.0 Å². The second kappa shape index (κ2) is 5.41. The van der Waals surface area contributed by atoms with Gasteiger partial charge in [-0.15, -0.1) is 0 Å². The first-order chi connectivity index (χ1) is 9.78. The van der Waals surface area contributed by atoms with Gasteiger partial charge in [-0.05, 0) is 36.6 Å². The number of ether oxygens (including phenoxy) is 1. The highest BCUT2D eigenvalue weighted by atomic mass is 16.5. The smallest absolute Gasteiger partial charge is 0.218 e. The van der Waals surface area contributed by atoms with Crippen molar-refractivity contribution in [3.8, 4) is 5.88 Å². The molecular weight excluding hydrogens is 250 g/mol. The van der Waals surface area contributed by atoms with Gasteiger partial charge in [0.15, 0.2) is 0 Å². The van der Waals surface area contributed by atoms with E-state index in [0.717, 1.165) is 30.8 Å². The number of nitrogens with two attached hydrogens (primary N) is 1. The molecule has 4 heteroatoms. The number of aryl methyl sites for hydroxylation is 1. The molecule has 0 amide bonds. The fourth-order valence-corrected chi connectivity index (χ4v) is 2.77. The second-order valence-electron chi connectivity index (χ2n) is 5.09. The number of methoxy groups -OCH3 is 1. The van der Waals surface area contributed by atoms with Gasteiger partial charge in [0.05, 0.1) is 7.11 Å². The molecule has 0 saturated heterocycles. The van der Waals surface area contributed by atoms with Crippen LogP contribution in [-0.4, -0.2) is 18.6 Å². The normalized spacial score (nSPS) is 13.9. The molecule has 2 N–H and O–H groups in total. The Morgan fingerprint density at radius 2 is 2.25 bits per heavy atom. The van der Waals surface area contributed by atoms with E-state index in [1.807, 2.05) is 12.1 Å². The van der Waals surface area contributed by atoms with E-state index in [-0.39, 0.29) is 0 Å². The zero-order chi connectivity index (χ0) is 13.9. The van der Waals surface area contributed by atoms with Crippen molar-refractivity contribution in [1.82, 2.24) is 4.98 Å². The van der Waals surface area contributed by atoms with Crippen LogP contribution in [0.1, 0.15) is 17.5 Å². The highest BCUT2D eigenvalue weighted by Gasteiger charge is 2.18. The number of nitrogen functional groups attached to an aromatic ring is 1. The number of anilines is 2. The maximum Gasteiger partial charge on any atom is 0.218 e. The summed E-state index contributed by atoms with van der Waals surface area (Å²) in [6.07, 6.45) is 4.04. The number of aromatic nitrogens is 1. The van der Waals surface area contributed by atoms with Gasteiger partial charge in [0.1, 0.15) is 0 Å². The lowest BCUT2D eigenvalue weighted by atomic mass is 10.0. The van der Waals surface area contributed by atoms with Crippen LogP contribution >= 0.6 is 0 Å². The molecule has 0 radical (unpaired) electrons. The molecule has 0 atom stereocenters. The predicted octanol–water partition coefficient (Wildman–Crippen LogP) is 2.63. The quantitative estimate of drug-likeness (QED) is 0.870. The van der Waals surface area contributed by atoms with E-state index >= 15 is 0 Å². The summed E-state index contributed by atoms with van der Waals surface area (Å²) in [6.45, 7) is 1.84. The molecule has 20 heavy (non-hydrogen) atoms. The van der Waals surface area contributed by atoms with Crippen LogP contribution in [0.25, 0.3) is 0 Å². The Bertz CT molecular complexity index is 612. The fourth-order valence-electron chi connectivity index (χ4n) is 2.77. The zero-order valence-electron chi connectivity index (χ0n) is 11.7. The molecule has 3 rings (SSSR count). The minimum atomic E-state index is 0.698. The molecule has 1 aliphatic rings. The van der Waals surface area contributed by atoms with Crippen LogP contribution in [0.2, 0.25) is 0 Å². The highest BCUT2D eigenvalue weighted by Crippen LogP contribution is 2.31. The Balaban J connectivity index is 1.91. The Hall–Kier alpha value is -2.23. The van der Waals surface area contributed by atoms with Gasteiger partial charge < -0.3 is 15.4 Å². The Kier molecular flexibility index (Phi) is 3.46. The molecule has 1 aromatic carbocycles. The number of benzene rings is 1. The molecule has 0 aliphatic carbocycles. The molecule has 0 bridgehead atoms. The SMILES string of the molecule is COc1ncccc1CN1CCCc2ccc(N)cc21. The van der Waals surface area contributed by atoms with Crippen molar-refractivity contribution in [3.63, 3.8) is 0 Å². The van der Waals surface area contributed by atoms with Crippen LogP contribution < -0.4 is 15.4 Å². The Labute approximate surface area is 119 Å². The lowest BCUT2D eigenvalue weighted by Crippen LogP contribution is -2.29. The van der Waals surface area contributed by atoms with Crippen molar-refractivity contribution >= 4 is 11.4 Å². The molecule has 104 valence electrons. The third kappa shape index (κ3) is 2.41. The molecule has 0 spiro atoms. The molecule has 0 saturated carbocycles. The summed E-state index contributed by atoms with van der Waals surface area (Å²) in [5.74, 6) is 0.698. The van der Waals surface area contributed by atoms with Crippen molar-refractivity contribution in [1.29, 1.82) is 0 Å². The second-order valence-corrected chi connectivity index (χ2v) is 5.09. The topological polar surface area (TPSA) is 51.4 Å². The number of hydrogen-bond donors (Lipinski definition) is 1. The van der Waals surface area contributed by atoms with E-state index < -0.39 is 0 Å². The van der Waals surface area contributed by atoms with Gasteiger partial charge in [-0.1, -0.05) is 12.1 Å². The molecule has 2 heterocycles. The van der Waals surface area contributed by atoms with Crippen LogP contribution in [0.4, 0.5) is 11.4 Å². The minimum Gasteiger partial charge on any atom is -0.481 e. The van der Waals surface area contributed by atoms with Crippen LogP contribution in [0, 0.1) is 0 Å². The monoisotopic (exact) mass is 269 g/mol. The van der Waals surface area contributed by atoms with Gasteiger partial charge in [-0.2, -0.15) is 0 Å². The highest BCUT2D eigenvalue weighted by molar-refractivity contribution is 5.62. The molecule has 0 fully saturated rings. The summed E-state index contributed by atoms with van der Waals surface area (Å²) in [7, 11) is 1.66. The Morgan fingerprint density at radius 1 is 1.35 bits per heavy atom. The summed E-state index contributed by atoms with van der Waals surface area (Å²) in [5, 5.41) is 0. The number of pyridine rings is 1. The van der Waals surface area contributed by atoms with Crippen molar-refractivity contribution in [2.24, 2.45) is 0 Å². The lowest BCUT2D eigenvalue weighted by molar-refractivity contribution is 0.392. The summed E-state index contributed by atoms with van der Waals surface area (Å²) in [5.41, 5.74) is 10.5. The van der Waals surface area contributed by atoms with E-state index in [1.165, 1.54) is 17.7 Å². The van der Waals surface area contributed by atoms with E-state index in [0.29, 0.717) is 5.88 Å². The maximum atomic E-state index is 5.93. The standard InChI is InChI=1S/C16H19N3O/c1-20-16-13(4-2-8-18-16)11-19-9-3-5-12-6-7-14(17)10-15(12)19/h2,4,6-8,10H,3,5,9,11,17H2,1H3. The molecule has 2 aromatic rings. The van der Waals surface area contributed by atoms with Gasteiger partial charge in [-0.3, -0.25) is 0 Å². The van der Waals surface area contributed by atoms with Crippen LogP contribution in [0.3, 0.4) is 0 Å². The Morgan fingerprint density at radius 3 is 3.10 bits per heavy atom. The summed E-state index contributed by atoms with van der Waals surface area (Å²) in [4.78, 5) is 6.62. The van der Waals surface area contributed by atoms with E-state index in [9.17, 15) is 0 Å². The van der Waals surface area contributed by atoms with Gasteiger partial charge in [-0.25, -0.2) is 4.98 Å². The fraction of sp³-hybridized carbons (Fsp3) is 0.312. The minimum absolute atomic E-state index is 0.698. The zero-order valence-corrected chi connectivity index (χ0v) is 11.7. The van der Waals surface area contributed by atoms with Crippen molar-refractivity contribution < 1.29 is 4.74 Å². The van der Waals surface area contributed by atoms with E-state index in [2.05, 4.69) is 28.1 Å². The average molecular weight is 269 g/mol. The maximum absolute atomic E-state index is 5.93. The van der Waals surface area contributed by atoms with Gasteiger partial charge in [0.2, 0.25) is 5.88 Å². The van der Waals surface area contributed by atoms with Crippen molar-refractivity contribution in [2.75, 3.05) is 24.3 Å². The summed E-state index contributed by atoms with van der Waals surface area (Å²) >= 11 is 0. The number of rotatable bonds is 3. The largest absolute Gasteiger partial charge is 0.481 e. The van der Waals surface area contributed by atoms with Crippen molar-refractivity contribution in [2.45, 2.75) is 19.4 Å². The average Bonchev–Trinajstić information content (AvgIpc) is 2.48. The first-order valence-corrected chi connectivity index (χ1v) is 6.89. The van der Waals surface area contributed by atoms with E-state index in [4.69, 9.17) is 10.5 Å². The summed E-state index contributed by atoms with van der Waals surface area (Å²) in [6, 6.07) is 10.2.